The van der Waals surface area contributed by atoms with Crippen molar-refractivity contribution in [2.45, 2.75) is 25.5 Å². The fourth-order valence-electron chi connectivity index (χ4n) is 0.665. The zero-order valence-corrected chi connectivity index (χ0v) is 8.02. The van der Waals surface area contributed by atoms with Crippen molar-refractivity contribution in [1.29, 1.82) is 0 Å². The summed E-state index contributed by atoms with van der Waals surface area (Å²) in [6, 6.07) is 0. The van der Waals surface area contributed by atoms with Crippen LogP contribution >= 0.6 is 0 Å². The number of nitrogens with two attached hydrogens (primary N) is 1. The Morgan fingerprint density at radius 3 is 2.36 bits per heavy atom. The van der Waals surface area contributed by atoms with Crippen molar-refractivity contribution in [3.8, 4) is 0 Å². The summed E-state index contributed by atoms with van der Waals surface area (Å²) < 4.78 is 22.3. The molecule has 68 valence electrons. The van der Waals surface area contributed by atoms with Crippen LogP contribution in [0.4, 0.5) is 0 Å². The lowest BCUT2D eigenvalue weighted by atomic mass is 10.5. The first-order valence-corrected chi connectivity index (χ1v) is 5.54. The number of hydrogen-bond acceptors (Lipinski definition) is 2. The molecule has 0 bridgehead atoms. The van der Waals surface area contributed by atoms with Gasteiger partial charge in [0.25, 0.3) is 0 Å². The van der Waals surface area contributed by atoms with Crippen LogP contribution in [0.15, 0.2) is 0 Å². The molecule has 0 aliphatic rings. The summed E-state index contributed by atoms with van der Waals surface area (Å²) in [6.45, 7) is 4.21. The van der Waals surface area contributed by atoms with Gasteiger partial charge in [0.2, 0.25) is 0 Å². The van der Waals surface area contributed by atoms with Crippen LogP contribution in [0, 0.1) is 7.05 Å². The molecule has 0 unspecified atom stereocenters. The first kappa shape index (κ1) is 10.9. The molecule has 3 nitrogen and oxygen atoms in total. The molecule has 0 amide bonds. The third kappa shape index (κ3) is 4.37. The van der Waals surface area contributed by atoms with Gasteiger partial charge in [0.15, 0.2) is 9.84 Å². The molecule has 0 fully saturated rings. The molecule has 0 rings (SSSR count). The second-order valence-corrected chi connectivity index (χ2v) is 5.52. The second kappa shape index (κ2) is 4.72. The SMILES string of the molecule is [CH2-][NH2+]CCCS(=O)(=O)C(C)C. The second-order valence-electron chi connectivity index (χ2n) is 2.85. The van der Waals surface area contributed by atoms with E-state index in [2.05, 4.69) is 7.05 Å². The smallest absolute Gasteiger partial charge is 0.152 e. The fourth-order valence-corrected chi connectivity index (χ4v) is 1.70. The highest BCUT2D eigenvalue weighted by Gasteiger charge is 2.14. The Bertz CT molecular complexity index is 185. The summed E-state index contributed by atoms with van der Waals surface area (Å²) in [5.74, 6) is 0.288. The van der Waals surface area contributed by atoms with Crippen LogP contribution in [-0.2, 0) is 9.84 Å². The maximum Gasteiger partial charge on any atom is 0.152 e. The zero-order chi connectivity index (χ0) is 8.91. The van der Waals surface area contributed by atoms with Crippen LogP contribution in [0.3, 0.4) is 0 Å². The molecule has 0 saturated heterocycles. The van der Waals surface area contributed by atoms with Gasteiger partial charge in [0, 0.05) is 6.42 Å². The predicted octanol–water partition coefficient (Wildman–Crippen LogP) is -0.445. The molecule has 0 heterocycles. The van der Waals surface area contributed by atoms with Gasteiger partial charge in [0.05, 0.1) is 17.5 Å². The lowest BCUT2D eigenvalue weighted by Crippen LogP contribution is -2.77. The van der Waals surface area contributed by atoms with Gasteiger partial charge in [-0.1, -0.05) is 0 Å². The zero-order valence-electron chi connectivity index (χ0n) is 7.21. The molecule has 0 aromatic rings. The van der Waals surface area contributed by atoms with Crippen LogP contribution in [0.1, 0.15) is 20.3 Å². The maximum atomic E-state index is 11.2. The Hall–Kier alpha value is -0.0900. The van der Waals surface area contributed by atoms with E-state index in [0.29, 0.717) is 6.42 Å². The summed E-state index contributed by atoms with van der Waals surface area (Å²) >= 11 is 0. The molecule has 2 N–H and O–H groups in total. The predicted molar refractivity (Wildman–Crippen MR) is 45.7 cm³/mol. The van der Waals surface area contributed by atoms with E-state index in [1.54, 1.807) is 19.2 Å². The number of hydrogen-bond donors (Lipinski definition) is 1. The van der Waals surface area contributed by atoms with Gasteiger partial charge in [0.1, 0.15) is 0 Å². The highest BCUT2D eigenvalue weighted by atomic mass is 32.2. The average molecular weight is 179 g/mol. The van der Waals surface area contributed by atoms with E-state index in [1.165, 1.54) is 0 Å². The van der Waals surface area contributed by atoms with Crippen molar-refractivity contribution >= 4 is 9.84 Å². The van der Waals surface area contributed by atoms with Crippen LogP contribution < -0.4 is 5.32 Å². The largest absolute Gasteiger partial charge is 0.479 e. The van der Waals surface area contributed by atoms with Gasteiger partial charge in [-0.2, -0.15) is 7.05 Å². The minimum absolute atomic E-state index is 0.243. The lowest BCUT2D eigenvalue weighted by Gasteiger charge is -2.06. The van der Waals surface area contributed by atoms with Crippen LogP contribution in [0.2, 0.25) is 0 Å². The highest BCUT2D eigenvalue weighted by molar-refractivity contribution is 7.91. The van der Waals surface area contributed by atoms with Gasteiger partial charge in [-0.15, -0.1) is 0 Å². The molecule has 0 aliphatic heterocycles. The Balaban J connectivity index is 3.75. The van der Waals surface area contributed by atoms with E-state index in [9.17, 15) is 8.42 Å². The van der Waals surface area contributed by atoms with E-state index in [4.69, 9.17) is 0 Å². The van der Waals surface area contributed by atoms with Gasteiger partial charge < -0.3 is 5.32 Å². The molecule has 11 heavy (non-hydrogen) atoms. The standard InChI is InChI=1S/C7H17NO2S/c1-7(2)11(9,10)6-4-5-8-3/h7H,3-6,8H2,1-2H3. The monoisotopic (exact) mass is 179 g/mol. The van der Waals surface area contributed by atoms with Crippen molar-refractivity contribution < 1.29 is 13.7 Å². The Morgan fingerprint density at radius 1 is 1.45 bits per heavy atom. The molecule has 0 atom stereocenters. The summed E-state index contributed by atoms with van der Waals surface area (Å²) in [4.78, 5) is 0. The van der Waals surface area contributed by atoms with E-state index in [0.717, 1.165) is 6.54 Å². The minimum Gasteiger partial charge on any atom is -0.479 e. The summed E-state index contributed by atoms with van der Waals surface area (Å²) in [7, 11) is 0.712. The molecule has 0 aromatic carbocycles. The molecular formula is C7H17NO2S. The van der Waals surface area contributed by atoms with Crippen molar-refractivity contribution in [1.82, 2.24) is 0 Å². The van der Waals surface area contributed by atoms with E-state index in [1.807, 2.05) is 0 Å². The minimum atomic E-state index is -2.82. The topological polar surface area (TPSA) is 50.8 Å². The van der Waals surface area contributed by atoms with Crippen molar-refractivity contribution in [2.75, 3.05) is 12.3 Å². The maximum absolute atomic E-state index is 11.2. The molecule has 0 spiro atoms. The van der Waals surface area contributed by atoms with E-state index >= 15 is 0 Å². The lowest BCUT2D eigenvalue weighted by molar-refractivity contribution is -0.595. The molecule has 0 radical (unpaired) electrons. The summed E-state index contributed by atoms with van der Waals surface area (Å²) in [5.41, 5.74) is 0. The molecule has 0 saturated carbocycles. The fraction of sp³-hybridized carbons (Fsp3) is 0.857. The third-order valence-electron chi connectivity index (χ3n) is 1.56. The average Bonchev–Trinajstić information content (AvgIpc) is 1.88. The summed E-state index contributed by atoms with van der Waals surface area (Å²) in [6.07, 6.45) is 0.698. The van der Waals surface area contributed by atoms with Gasteiger partial charge in [-0.3, -0.25) is 0 Å². The van der Waals surface area contributed by atoms with Crippen molar-refractivity contribution in [3.63, 3.8) is 0 Å². The number of rotatable bonds is 5. The van der Waals surface area contributed by atoms with Gasteiger partial charge in [-0.25, -0.2) is 8.42 Å². The van der Waals surface area contributed by atoms with Crippen molar-refractivity contribution in [2.24, 2.45) is 0 Å². The Kier molecular flexibility index (Phi) is 4.68. The van der Waals surface area contributed by atoms with Crippen molar-refractivity contribution in [3.05, 3.63) is 7.05 Å². The first-order valence-electron chi connectivity index (χ1n) is 3.83. The normalized spacial score (nSPS) is 12.4. The van der Waals surface area contributed by atoms with Crippen LogP contribution in [0.5, 0.6) is 0 Å². The van der Waals surface area contributed by atoms with Crippen LogP contribution in [-0.4, -0.2) is 26.0 Å². The number of sulfone groups is 1. The van der Waals surface area contributed by atoms with Crippen LogP contribution in [0.25, 0.3) is 0 Å². The van der Waals surface area contributed by atoms with Gasteiger partial charge >= 0.3 is 0 Å². The molecule has 0 aromatic heterocycles. The quantitative estimate of drug-likeness (QED) is 0.459. The third-order valence-corrected chi connectivity index (χ3v) is 3.85. The number of quaternary nitrogens is 1. The summed E-state index contributed by atoms with van der Waals surface area (Å²) in [5, 5.41) is 1.50. The van der Waals surface area contributed by atoms with E-state index in [-0.39, 0.29) is 11.0 Å². The first-order chi connectivity index (χ1) is 5.00. The Morgan fingerprint density at radius 2 is 2.00 bits per heavy atom. The molecule has 0 aliphatic carbocycles. The Labute approximate surface area is 69.1 Å². The molecular weight excluding hydrogens is 162 g/mol. The van der Waals surface area contributed by atoms with E-state index < -0.39 is 9.84 Å². The highest BCUT2D eigenvalue weighted by Crippen LogP contribution is 2.01. The van der Waals surface area contributed by atoms with Gasteiger partial charge in [-0.05, 0) is 13.8 Å². The molecule has 4 heteroatoms.